The maximum Gasteiger partial charge on any atom is 0.280 e. The van der Waals surface area contributed by atoms with Crippen LogP contribution < -0.4 is 15.8 Å². The number of pyridine rings is 1. The number of thiophene rings is 1. The molecular formula is C25H20BrF2N7O3S. The molecule has 0 aliphatic heterocycles. The first kappa shape index (κ1) is 26.4. The minimum absolute atomic E-state index is 0.0296. The van der Waals surface area contributed by atoms with Crippen LogP contribution in [-0.2, 0) is 13.8 Å². The van der Waals surface area contributed by atoms with Crippen LogP contribution >= 0.6 is 27.3 Å². The van der Waals surface area contributed by atoms with Crippen molar-refractivity contribution in [3.63, 3.8) is 0 Å². The van der Waals surface area contributed by atoms with Gasteiger partial charge in [0.1, 0.15) is 21.2 Å². The van der Waals surface area contributed by atoms with E-state index in [0.717, 1.165) is 15.8 Å². The Labute approximate surface area is 232 Å². The average Bonchev–Trinajstić information content (AvgIpc) is 3.60. The van der Waals surface area contributed by atoms with Gasteiger partial charge in [-0.3, -0.25) is 14.3 Å². The summed E-state index contributed by atoms with van der Waals surface area (Å²) >= 11 is 4.18. The topological polar surface area (TPSA) is 130 Å². The predicted molar refractivity (Wildman–Crippen MR) is 145 cm³/mol. The Morgan fingerprint density at radius 2 is 1.92 bits per heavy atom. The smallest absolute Gasteiger partial charge is 0.280 e. The number of carbonyl (C=O) groups is 2. The predicted octanol–water partition coefficient (Wildman–Crippen LogP) is 5.29. The standard InChI is InChI=1S/C25H20BrF2N7O3S/c1-12-16(10-34(2)32-12)15-9-18(22(27)28)30-25-19(15)20(21(39-25)23(29)36)31-24(37)17-7-8-35(33-17)11-38-14-5-3-13(26)4-6-14/h3-10,22H,11H2,1-2H3,(H2,29,36)(H,31,37). The number of ether oxygens (including phenoxy) is 1. The third-order valence-corrected chi connectivity index (χ3v) is 7.35. The Hall–Kier alpha value is -4.17. The van der Waals surface area contributed by atoms with Crippen LogP contribution in [0.5, 0.6) is 5.75 Å². The summed E-state index contributed by atoms with van der Waals surface area (Å²) in [5, 5.41) is 11.6. The van der Waals surface area contributed by atoms with Crippen LogP contribution in [-0.4, -0.2) is 36.4 Å². The first-order valence-electron chi connectivity index (χ1n) is 11.4. The fourth-order valence-electron chi connectivity index (χ4n) is 4.00. The number of nitrogens with zero attached hydrogens (tertiary/aromatic N) is 5. The molecule has 3 N–H and O–H groups in total. The van der Waals surface area contributed by atoms with Crippen LogP contribution in [0.2, 0.25) is 0 Å². The van der Waals surface area contributed by atoms with E-state index in [-0.39, 0.29) is 27.8 Å². The van der Waals surface area contributed by atoms with Gasteiger partial charge in [0, 0.05) is 34.9 Å². The van der Waals surface area contributed by atoms with E-state index in [1.807, 2.05) is 12.1 Å². The molecule has 0 aliphatic carbocycles. The molecule has 1 aromatic carbocycles. The van der Waals surface area contributed by atoms with Gasteiger partial charge in [0.15, 0.2) is 12.4 Å². The lowest BCUT2D eigenvalue weighted by molar-refractivity contribution is 0.100. The fraction of sp³-hybridized carbons (Fsp3) is 0.160. The maximum atomic E-state index is 13.7. The van der Waals surface area contributed by atoms with Crippen molar-refractivity contribution < 1.29 is 23.1 Å². The summed E-state index contributed by atoms with van der Waals surface area (Å²) in [6.07, 6.45) is 0.376. The van der Waals surface area contributed by atoms with E-state index in [9.17, 15) is 18.4 Å². The van der Waals surface area contributed by atoms with E-state index >= 15 is 0 Å². The lowest BCUT2D eigenvalue weighted by Crippen LogP contribution is -2.17. The Morgan fingerprint density at radius 3 is 2.56 bits per heavy atom. The van der Waals surface area contributed by atoms with Crippen LogP contribution in [0.3, 0.4) is 0 Å². The highest BCUT2D eigenvalue weighted by Gasteiger charge is 2.26. The van der Waals surface area contributed by atoms with Gasteiger partial charge < -0.3 is 15.8 Å². The molecule has 10 nitrogen and oxygen atoms in total. The van der Waals surface area contributed by atoms with Gasteiger partial charge in [-0.15, -0.1) is 11.3 Å². The van der Waals surface area contributed by atoms with Crippen molar-refractivity contribution in [3.8, 4) is 16.9 Å². The Balaban J connectivity index is 1.51. The highest BCUT2D eigenvalue weighted by atomic mass is 79.9. The lowest BCUT2D eigenvalue weighted by Gasteiger charge is -2.10. The molecule has 0 atom stereocenters. The molecule has 2 amide bonds. The van der Waals surface area contributed by atoms with Gasteiger partial charge in [0.2, 0.25) is 0 Å². The Bertz CT molecular complexity index is 1710. The number of rotatable bonds is 8. The largest absolute Gasteiger partial charge is 0.471 e. The number of fused-ring (bicyclic) bond motifs is 1. The molecule has 5 aromatic rings. The number of hydrogen-bond donors (Lipinski definition) is 2. The maximum absolute atomic E-state index is 13.7. The minimum atomic E-state index is -2.86. The molecular weight excluding hydrogens is 596 g/mol. The molecule has 14 heteroatoms. The molecule has 200 valence electrons. The summed E-state index contributed by atoms with van der Waals surface area (Å²) in [6.45, 7) is 1.78. The SMILES string of the molecule is Cc1nn(C)cc1-c1cc(C(F)F)nc2sc(C(N)=O)c(NC(=O)c3ccn(COc4ccc(Br)cc4)n3)c12. The Kier molecular flexibility index (Phi) is 7.14. The van der Waals surface area contributed by atoms with Gasteiger partial charge in [-0.2, -0.15) is 10.2 Å². The minimum Gasteiger partial charge on any atom is -0.471 e. The number of hydrogen-bond acceptors (Lipinski definition) is 7. The van der Waals surface area contributed by atoms with Gasteiger partial charge in [-0.1, -0.05) is 15.9 Å². The monoisotopic (exact) mass is 615 g/mol. The number of halogens is 3. The van der Waals surface area contributed by atoms with E-state index in [2.05, 4.69) is 36.4 Å². The molecule has 0 fully saturated rings. The van der Waals surface area contributed by atoms with Crippen molar-refractivity contribution in [2.45, 2.75) is 20.1 Å². The molecule has 0 radical (unpaired) electrons. The summed E-state index contributed by atoms with van der Waals surface area (Å²) < 4.78 is 37.0. The molecule has 5 rings (SSSR count). The first-order chi connectivity index (χ1) is 18.6. The van der Waals surface area contributed by atoms with Crippen LogP contribution in [0.1, 0.15) is 38.0 Å². The van der Waals surface area contributed by atoms with E-state index in [0.29, 0.717) is 28.0 Å². The van der Waals surface area contributed by atoms with E-state index < -0.39 is 23.9 Å². The van der Waals surface area contributed by atoms with E-state index in [1.165, 1.54) is 16.8 Å². The van der Waals surface area contributed by atoms with Crippen molar-refractivity contribution in [1.82, 2.24) is 24.5 Å². The first-order valence-corrected chi connectivity index (χ1v) is 13.0. The van der Waals surface area contributed by atoms with Gasteiger partial charge in [-0.25, -0.2) is 18.4 Å². The average molecular weight is 616 g/mol. The van der Waals surface area contributed by atoms with Crippen molar-refractivity contribution in [2.75, 3.05) is 5.32 Å². The Morgan fingerprint density at radius 1 is 1.18 bits per heavy atom. The van der Waals surface area contributed by atoms with Crippen LogP contribution in [0.15, 0.2) is 53.3 Å². The van der Waals surface area contributed by atoms with Gasteiger partial charge >= 0.3 is 0 Å². The van der Waals surface area contributed by atoms with Crippen molar-refractivity contribution >= 4 is 55.0 Å². The second kappa shape index (κ2) is 10.5. The molecule has 39 heavy (non-hydrogen) atoms. The zero-order valence-corrected chi connectivity index (χ0v) is 22.9. The number of primary amides is 1. The van der Waals surface area contributed by atoms with Crippen LogP contribution in [0.4, 0.5) is 14.5 Å². The number of alkyl halides is 2. The second-order valence-electron chi connectivity index (χ2n) is 8.47. The quantitative estimate of drug-likeness (QED) is 0.244. The molecule has 0 spiro atoms. The molecule has 0 bridgehead atoms. The summed E-state index contributed by atoms with van der Waals surface area (Å²) in [5.74, 6) is -0.856. The van der Waals surface area contributed by atoms with Crippen LogP contribution in [0, 0.1) is 6.92 Å². The lowest BCUT2D eigenvalue weighted by atomic mass is 10.0. The summed E-state index contributed by atoms with van der Waals surface area (Å²) in [5.41, 5.74) is 6.71. The molecule has 4 aromatic heterocycles. The number of nitrogens with one attached hydrogen (secondary N) is 1. The number of nitrogens with two attached hydrogens (primary N) is 1. The highest BCUT2D eigenvalue weighted by Crippen LogP contribution is 2.43. The number of benzene rings is 1. The second-order valence-corrected chi connectivity index (χ2v) is 10.4. The molecule has 0 saturated heterocycles. The summed E-state index contributed by atoms with van der Waals surface area (Å²) in [4.78, 5) is 29.7. The zero-order chi connectivity index (χ0) is 27.8. The van der Waals surface area contributed by atoms with Gasteiger partial charge in [0.25, 0.3) is 18.2 Å². The normalized spacial score (nSPS) is 11.3. The number of anilines is 1. The molecule has 0 saturated carbocycles. The third-order valence-electron chi connectivity index (χ3n) is 5.72. The number of carbonyl (C=O) groups excluding carboxylic acids is 2. The number of aryl methyl sites for hydroxylation is 2. The fourth-order valence-corrected chi connectivity index (χ4v) is 5.28. The highest BCUT2D eigenvalue weighted by molar-refractivity contribution is 9.10. The van der Waals surface area contributed by atoms with E-state index in [4.69, 9.17) is 10.5 Å². The molecule has 0 unspecified atom stereocenters. The third kappa shape index (κ3) is 5.38. The number of amides is 2. The van der Waals surface area contributed by atoms with Gasteiger partial charge in [-0.05, 0) is 48.9 Å². The van der Waals surface area contributed by atoms with E-state index in [1.54, 1.807) is 43.2 Å². The zero-order valence-electron chi connectivity index (χ0n) is 20.5. The number of aromatic nitrogens is 5. The summed E-state index contributed by atoms with van der Waals surface area (Å²) in [7, 11) is 1.70. The van der Waals surface area contributed by atoms with Crippen molar-refractivity contribution in [1.29, 1.82) is 0 Å². The summed E-state index contributed by atoms with van der Waals surface area (Å²) in [6, 6.07) is 9.95. The van der Waals surface area contributed by atoms with Crippen molar-refractivity contribution in [2.24, 2.45) is 12.8 Å². The molecule has 4 heterocycles. The molecule has 0 aliphatic rings. The van der Waals surface area contributed by atoms with Gasteiger partial charge in [0.05, 0.1) is 11.4 Å². The van der Waals surface area contributed by atoms with Crippen LogP contribution in [0.25, 0.3) is 21.3 Å². The van der Waals surface area contributed by atoms with Crippen molar-refractivity contribution in [3.05, 3.63) is 75.2 Å².